The Hall–Kier alpha value is -4.07. The van der Waals surface area contributed by atoms with Gasteiger partial charge < -0.3 is 30.0 Å². The van der Waals surface area contributed by atoms with Crippen molar-refractivity contribution in [3.8, 4) is 22.6 Å². The van der Waals surface area contributed by atoms with Crippen molar-refractivity contribution in [1.29, 1.82) is 0 Å². The largest absolute Gasteiger partial charge is 0.354 e. The van der Waals surface area contributed by atoms with Crippen molar-refractivity contribution in [2.24, 2.45) is 10.4 Å². The normalized spacial score (nSPS) is 20.1. The highest BCUT2D eigenvalue weighted by Gasteiger charge is 2.40. The molecule has 2 aromatic heterocycles. The number of carbonyl (C=O) groups is 1. The fourth-order valence-electron chi connectivity index (χ4n) is 4.56. The lowest BCUT2D eigenvalue weighted by Gasteiger charge is -2.35. The zero-order chi connectivity index (χ0) is 29.5. The van der Waals surface area contributed by atoms with Crippen LogP contribution in [-0.4, -0.2) is 108 Å². The molecule has 1 fully saturated rings. The van der Waals surface area contributed by atoms with Gasteiger partial charge in [-0.3, -0.25) is 9.37 Å². The number of nitrogens with one attached hydrogen (secondary N) is 3. The van der Waals surface area contributed by atoms with E-state index in [1.54, 1.807) is 24.4 Å². The molecule has 0 unspecified atom stereocenters. The van der Waals surface area contributed by atoms with E-state index in [9.17, 15) is 9.18 Å². The van der Waals surface area contributed by atoms with Crippen molar-refractivity contribution in [3.05, 3.63) is 48.2 Å². The van der Waals surface area contributed by atoms with E-state index in [1.165, 1.54) is 12.1 Å². The molecule has 2 aliphatic rings. The van der Waals surface area contributed by atoms with Gasteiger partial charge in [-0.25, -0.2) is 19.3 Å². The minimum atomic E-state index is -0.828. The third-order valence-electron chi connectivity index (χ3n) is 7.03. The molecule has 0 bridgehead atoms. The predicted octanol–water partition coefficient (Wildman–Crippen LogP) is 2.33. The Morgan fingerprint density at radius 1 is 1.17 bits per heavy atom. The maximum atomic E-state index is 13.7. The van der Waals surface area contributed by atoms with E-state index in [0.29, 0.717) is 47.5 Å². The first-order chi connectivity index (χ1) is 20.3. The lowest BCUT2D eigenvalue weighted by molar-refractivity contribution is -0.504. The first-order valence-electron chi connectivity index (χ1n) is 14.0. The second-order valence-electron chi connectivity index (χ2n) is 10.9. The van der Waals surface area contributed by atoms with E-state index in [4.69, 9.17) is 19.4 Å². The summed E-state index contributed by atoms with van der Waals surface area (Å²) in [4.78, 5) is 36.1. The fourth-order valence-corrected chi connectivity index (χ4v) is 4.56. The molecule has 2 aliphatic heterocycles. The van der Waals surface area contributed by atoms with Crippen LogP contribution in [0.15, 0.2) is 41.5 Å². The zero-order valence-corrected chi connectivity index (χ0v) is 24.1. The highest BCUT2D eigenvalue weighted by atomic mass is 19.1. The molecule has 5 rings (SSSR count). The zero-order valence-electron chi connectivity index (χ0n) is 24.1. The first-order valence-corrected chi connectivity index (χ1v) is 14.0. The average Bonchev–Trinajstić information content (AvgIpc) is 3.67. The molecular weight excluding hydrogens is 541 g/mol. The van der Waals surface area contributed by atoms with Crippen LogP contribution in [0.2, 0.25) is 0 Å². The summed E-state index contributed by atoms with van der Waals surface area (Å²) in [6.45, 7) is 5.82. The molecule has 1 aromatic carbocycles. The maximum Gasteiger partial charge on any atom is 0.281 e. The summed E-state index contributed by atoms with van der Waals surface area (Å²) in [6, 6.07) is 7.88. The predicted molar refractivity (Wildman–Crippen MR) is 157 cm³/mol. The molecule has 12 nitrogen and oxygen atoms in total. The number of hydrogen-bond acceptors (Lipinski definition) is 9. The number of aliphatic imine (C=N–C) groups is 1. The van der Waals surface area contributed by atoms with Crippen LogP contribution in [0.1, 0.15) is 25.5 Å². The van der Waals surface area contributed by atoms with Crippen molar-refractivity contribution in [3.63, 3.8) is 0 Å². The molecule has 1 saturated heterocycles. The molecule has 0 radical (unpaired) electrons. The quantitative estimate of drug-likeness (QED) is 0.220. The molecule has 4 heterocycles. The monoisotopic (exact) mass is 578 g/mol. The number of H-pyrrole nitrogens is 1. The van der Waals surface area contributed by atoms with Gasteiger partial charge in [0.2, 0.25) is 18.1 Å². The molecule has 3 aromatic rings. The van der Waals surface area contributed by atoms with E-state index in [2.05, 4.69) is 30.2 Å². The Bertz CT molecular complexity index is 1430. The van der Waals surface area contributed by atoms with Gasteiger partial charge in [0.25, 0.3) is 6.34 Å². The van der Waals surface area contributed by atoms with Crippen LogP contribution in [0.3, 0.4) is 0 Å². The van der Waals surface area contributed by atoms with Gasteiger partial charge in [-0.05, 0) is 51.4 Å². The Kier molecular flexibility index (Phi) is 9.30. The lowest BCUT2D eigenvalue weighted by Crippen LogP contribution is -2.49. The highest BCUT2D eigenvalue weighted by molar-refractivity contribution is 5.82. The molecule has 3 N–H and O–H groups in total. The van der Waals surface area contributed by atoms with Crippen LogP contribution in [-0.2, 0) is 14.3 Å². The van der Waals surface area contributed by atoms with Gasteiger partial charge in [0, 0.05) is 37.8 Å². The summed E-state index contributed by atoms with van der Waals surface area (Å²) in [5.41, 5.74) is 1.67. The molecule has 13 heteroatoms. The molecule has 42 heavy (non-hydrogen) atoms. The number of rotatable bonds is 12. The number of hydrogen-bond donors (Lipinski definition) is 3. The van der Waals surface area contributed by atoms with Gasteiger partial charge in [0.15, 0.2) is 12.0 Å². The van der Waals surface area contributed by atoms with E-state index in [0.717, 1.165) is 26.1 Å². The molecule has 0 saturated carbocycles. The number of ether oxygens (including phenoxy) is 2. The van der Waals surface area contributed by atoms with Crippen LogP contribution >= 0.6 is 0 Å². The van der Waals surface area contributed by atoms with Crippen LogP contribution < -0.4 is 10.6 Å². The summed E-state index contributed by atoms with van der Waals surface area (Å²) in [6.07, 6.45) is 5.47. The van der Waals surface area contributed by atoms with Gasteiger partial charge >= 0.3 is 0 Å². The number of amides is 1. The van der Waals surface area contributed by atoms with E-state index in [-0.39, 0.29) is 24.9 Å². The number of nitrogens with zero attached hydrogens (tertiary/aromatic N) is 6. The summed E-state index contributed by atoms with van der Waals surface area (Å²) >= 11 is 0. The minimum Gasteiger partial charge on any atom is -0.354 e. The van der Waals surface area contributed by atoms with Gasteiger partial charge in [-0.15, -0.1) is 0 Å². The Morgan fingerprint density at radius 2 is 1.95 bits per heavy atom. The standard InChI is InChI=1S/C29H36FN9O3/c1-29(27(40)32-13-15-38(2)3)17-41-26(42-18-29)25-36-23(20-5-7-21(30)8-6-20)24(37-25)22-9-11-34-28(35-22)33-10-4-14-39-16-12-31-19-39/h5-9,11-12,19,26H,4,10,13-18H2,1-3H3,(H2-,32,33,34,35,36,37,40)/p+1. The van der Waals surface area contributed by atoms with Crippen LogP contribution in [0, 0.1) is 11.2 Å². The molecule has 0 aliphatic carbocycles. The number of imidazole rings is 1. The molecule has 0 atom stereocenters. The Labute approximate surface area is 244 Å². The molecule has 0 spiro atoms. The van der Waals surface area contributed by atoms with Gasteiger partial charge in [0.05, 0.1) is 42.3 Å². The lowest BCUT2D eigenvalue weighted by atomic mass is 9.91. The Morgan fingerprint density at radius 3 is 2.67 bits per heavy atom. The van der Waals surface area contributed by atoms with Crippen LogP contribution in [0.25, 0.3) is 22.6 Å². The summed E-state index contributed by atoms with van der Waals surface area (Å²) in [5.74, 6) is 0.445. The van der Waals surface area contributed by atoms with Crippen LogP contribution in [0.5, 0.6) is 0 Å². The molecule has 222 valence electrons. The van der Waals surface area contributed by atoms with E-state index in [1.807, 2.05) is 38.5 Å². The second kappa shape index (κ2) is 13.3. The van der Waals surface area contributed by atoms with Crippen molar-refractivity contribution in [1.82, 2.24) is 30.2 Å². The number of likely N-dealkylation sites (N-methyl/N-ethyl adjacent to an activating group) is 1. The number of aromatic nitrogens is 4. The highest BCUT2D eigenvalue weighted by Crippen LogP contribution is 2.35. The van der Waals surface area contributed by atoms with Gasteiger partial charge in [-0.1, -0.05) is 4.99 Å². The third kappa shape index (κ3) is 7.22. The van der Waals surface area contributed by atoms with Gasteiger partial charge in [0.1, 0.15) is 12.4 Å². The first kappa shape index (κ1) is 29.4. The third-order valence-corrected chi connectivity index (χ3v) is 7.03. The number of aromatic amines is 1. The average molecular weight is 579 g/mol. The smallest absolute Gasteiger partial charge is 0.281 e. The summed E-state index contributed by atoms with van der Waals surface area (Å²) in [5, 5.41) is 6.23. The topological polar surface area (TPSA) is 133 Å². The second-order valence-corrected chi connectivity index (χ2v) is 10.9. The van der Waals surface area contributed by atoms with Crippen molar-refractivity contribution >= 4 is 24.4 Å². The minimum absolute atomic E-state index is 0.122. The number of benzene rings is 1. The summed E-state index contributed by atoms with van der Waals surface area (Å²) in [7, 11) is 3.90. The van der Waals surface area contributed by atoms with Crippen molar-refractivity contribution in [2.75, 3.05) is 65.3 Å². The summed E-state index contributed by atoms with van der Waals surface area (Å²) < 4.78 is 27.9. The fraction of sp³-hybridized carbons (Fsp3) is 0.448. The number of carbonyl (C=O) groups excluding carboxylic acids is 1. The number of anilines is 1. The van der Waals surface area contributed by atoms with E-state index >= 15 is 0 Å². The maximum absolute atomic E-state index is 13.7. The van der Waals surface area contributed by atoms with E-state index < -0.39 is 11.7 Å². The number of halogens is 1. The SMILES string of the molecule is CN(C)CCNC(=O)C1(C)COC(c2nc(-c3ccc(F)cc3)c(-c3ccnc(NCCC[N+]4=CN=CC4)n3)[nH]2)OC1. The van der Waals surface area contributed by atoms with Crippen molar-refractivity contribution < 1.29 is 23.2 Å². The van der Waals surface area contributed by atoms with Crippen LogP contribution in [0.4, 0.5) is 10.3 Å². The van der Waals surface area contributed by atoms with Gasteiger partial charge in [-0.2, -0.15) is 0 Å². The Balaban J connectivity index is 1.31. The molecular formula is C29H37FN9O3+. The van der Waals surface area contributed by atoms with Crippen molar-refractivity contribution in [2.45, 2.75) is 19.6 Å². The molecule has 1 amide bonds.